The highest BCUT2D eigenvalue weighted by Crippen LogP contribution is 2.35. The molecule has 0 spiro atoms. The molecular formula is C25H29FN8O. The van der Waals surface area contributed by atoms with Gasteiger partial charge in [0.25, 0.3) is 0 Å². The Morgan fingerprint density at radius 3 is 2.74 bits per heavy atom. The number of aryl methyl sites for hydroxylation is 1. The van der Waals surface area contributed by atoms with Gasteiger partial charge in [-0.15, -0.1) is 0 Å². The summed E-state index contributed by atoms with van der Waals surface area (Å²) in [5.74, 6) is 1.84. The first kappa shape index (κ1) is 21.9. The number of hydrogen-bond acceptors (Lipinski definition) is 7. The van der Waals surface area contributed by atoms with Gasteiger partial charge < -0.3 is 20.5 Å². The van der Waals surface area contributed by atoms with Crippen LogP contribution in [0.15, 0.2) is 24.5 Å². The number of rotatable bonds is 6. The van der Waals surface area contributed by atoms with E-state index in [0.717, 1.165) is 42.8 Å². The van der Waals surface area contributed by atoms with Gasteiger partial charge in [0, 0.05) is 23.7 Å². The Morgan fingerprint density at radius 1 is 1.03 bits per heavy atom. The van der Waals surface area contributed by atoms with Crippen molar-refractivity contribution in [2.24, 2.45) is 0 Å². The van der Waals surface area contributed by atoms with Crippen molar-refractivity contribution in [2.75, 3.05) is 22.1 Å². The maximum Gasteiger partial charge on any atom is 0.247 e. The number of hydrogen-bond donors (Lipinski definition) is 3. The van der Waals surface area contributed by atoms with Gasteiger partial charge >= 0.3 is 0 Å². The summed E-state index contributed by atoms with van der Waals surface area (Å²) < 4.78 is 13.1. The van der Waals surface area contributed by atoms with Crippen LogP contribution in [0, 0.1) is 5.95 Å². The third-order valence-corrected chi connectivity index (χ3v) is 7.36. The molecule has 1 amide bonds. The fraction of sp³-hybridized carbons (Fsp3) is 0.480. The van der Waals surface area contributed by atoms with Crippen LogP contribution in [-0.2, 0) is 17.6 Å². The van der Waals surface area contributed by atoms with Gasteiger partial charge in [-0.3, -0.25) is 4.79 Å². The quantitative estimate of drug-likeness (QED) is 0.457. The molecule has 35 heavy (non-hydrogen) atoms. The summed E-state index contributed by atoms with van der Waals surface area (Å²) in [4.78, 5) is 36.4. The van der Waals surface area contributed by atoms with Crippen molar-refractivity contribution >= 4 is 29.3 Å². The van der Waals surface area contributed by atoms with Crippen LogP contribution in [0.5, 0.6) is 0 Å². The van der Waals surface area contributed by atoms with Crippen molar-refractivity contribution in [2.45, 2.75) is 69.7 Å². The number of carbonyl (C=O) groups excluding carboxylic acids is 1. The van der Waals surface area contributed by atoms with Gasteiger partial charge in [0.15, 0.2) is 0 Å². The second-order valence-corrected chi connectivity index (χ2v) is 9.65. The van der Waals surface area contributed by atoms with E-state index in [1.54, 1.807) is 0 Å². The van der Waals surface area contributed by atoms with Crippen LogP contribution in [0.3, 0.4) is 0 Å². The van der Waals surface area contributed by atoms with E-state index < -0.39 is 12.0 Å². The molecule has 1 aliphatic heterocycles. The Morgan fingerprint density at radius 2 is 1.91 bits per heavy atom. The van der Waals surface area contributed by atoms with E-state index in [1.807, 2.05) is 11.1 Å². The molecule has 1 saturated heterocycles. The summed E-state index contributed by atoms with van der Waals surface area (Å²) in [6.45, 7) is 0.699. The van der Waals surface area contributed by atoms with Gasteiger partial charge in [-0.05, 0) is 57.1 Å². The van der Waals surface area contributed by atoms with Gasteiger partial charge in [0.2, 0.25) is 23.8 Å². The normalized spacial score (nSPS) is 19.8. The lowest BCUT2D eigenvalue weighted by atomic mass is 10.1. The van der Waals surface area contributed by atoms with Crippen molar-refractivity contribution in [1.82, 2.24) is 24.9 Å². The van der Waals surface area contributed by atoms with Gasteiger partial charge in [0.05, 0.1) is 23.8 Å². The van der Waals surface area contributed by atoms with Gasteiger partial charge in [-0.2, -0.15) is 9.37 Å². The maximum absolute atomic E-state index is 13.1. The minimum Gasteiger partial charge on any atom is -0.329 e. The Balaban J connectivity index is 1.24. The van der Waals surface area contributed by atoms with Crippen molar-refractivity contribution in [3.8, 4) is 0 Å². The molecule has 3 aromatic heterocycles. The number of aromatic amines is 1. The molecule has 0 bridgehead atoms. The Bertz CT molecular complexity index is 1220. The Kier molecular flexibility index (Phi) is 5.79. The van der Waals surface area contributed by atoms with E-state index in [2.05, 4.69) is 25.6 Å². The SMILES string of the molecule is O=C(Nc1ccc(F)nc1)[C@H]1CCCN1c1nc2c(c(Nc3ncc(C4CCCC4)[nH]3)n1)CCC2. The maximum atomic E-state index is 13.1. The molecule has 3 aromatic rings. The number of carbonyl (C=O) groups is 1. The number of aromatic nitrogens is 5. The number of anilines is 4. The minimum absolute atomic E-state index is 0.165. The molecule has 9 nitrogen and oxygen atoms in total. The monoisotopic (exact) mass is 476 g/mol. The molecule has 0 radical (unpaired) electrons. The minimum atomic E-state index is -0.580. The van der Waals surface area contributed by atoms with Crippen LogP contribution >= 0.6 is 0 Å². The fourth-order valence-corrected chi connectivity index (χ4v) is 5.56. The highest BCUT2D eigenvalue weighted by Gasteiger charge is 2.34. The molecule has 2 fully saturated rings. The average molecular weight is 477 g/mol. The highest BCUT2D eigenvalue weighted by molar-refractivity contribution is 5.96. The first-order valence-corrected chi connectivity index (χ1v) is 12.5. The van der Waals surface area contributed by atoms with E-state index in [1.165, 1.54) is 49.7 Å². The number of imidazole rings is 1. The summed E-state index contributed by atoms with van der Waals surface area (Å²) in [6.07, 6.45) is 12.7. The lowest BCUT2D eigenvalue weighted by molar-refractivity contribution is -0.117. The Hall–Kier alpha value is -3.56. The van der Waals surface area contributed by atoms with Crippen LogP contribution in [0.2, 0.25) is 0 Å². The summed E-state index contributed by atoms with van der Waals surface area (Å²) in [7, 11) is 0. The third kappa shape index (κ3) is 4.44. The predicted octanol–water partition coefficient (Wildman–Crippen LogP) is 4.23. The molecular weight excluding hydrogens is 447 g/mol. The number of nitrogens with zero attached hydrogens (tertiary/aromatic N) is 5. The molecule has 1 atom stereocenters. The van der Waals surface area contributed by atoms with Crippen LogP contribution in [0.25, 0.3) is 0 Å². The van der Waals surface area contributed by atoms with Crippen molar-refractivity contribution in [3.05, 3.63) is 47.4 Å². The molecule has 0 aromatic carbocycles. The summed E-state index contributed by atoms with van der Waals surface area (Å²) in [6, 6.07) is 2.34. The highest BCUT2D eigenvalue weighted by atomic mass is 19.1. The first-order chi connectivity index (χ1) is 17.1. The lowest BCUT2D eigenvalue weighted by Gasteiger charge is -2.25. The molecule has 4 heterocycles. The number of halogens is 1. The molecule has 2 aliphatic carbocycles. The van der Waals surface area contributed by atoms with Crippen LogP contribution < -0.4 is 15.5 Å². The molecule has 0 unspecified atom stereocenters. The summed E-state index contributed by atoms with van der Waals surface area (Å²) in [5, 5.41) is 6.26. The van der Waals surface area contributed by atoms with E-state index in [-0.39, 0.29) is 5.91 Å². The predicted molar refractivity (Wildman–Crippen MR) is 130 cm³/mol. The van der Waals surface area contributed by atoms with Gasteiger partial charge in [0.1, 0.15) is 11.9 Å². The van der Waals surface area contributed by atoms with Gasteiger partial charge in [-0.1, -0.05) is 12.8 Å². The molecule has 3 N–H and O–H groups in total. The standard InChI is InChI=1S/C25H29FN8O/c26-21-11-10-16(13-27-21)29-23(35)20-9-4-12-34(20)25-31-18-8-3-7-17(18)22(33-25)32-24-28-14-19(30-24)15-5-1-2-6-15/h10-11,13-15,20H,1-9,12H2,(H,29,35)(H2,28,30,31,32,33)/t20-/m1/s1. The molecule has 10 heteroatoms. The molecule has 6 rings (SSSR count). The summed E-state index contributed by atoms with van der Waals surface area (Å²) >= 11 is 0. The van der Waals surface area contributed by atoms with E-state index >= 15 is 0 Å². The third-order valence-electron chi connectivity index (χ3n) is 7.36. The van der Waals surface area contributed by atoms with E-state index in [0.29, 0.717) is 36.5 Å². The van der Waals surface area contributed by atoms with Crippen LogP contribution in [0.1, 0.15) is 67.8 Å². The van der Waals surface area contributed by atoms with Crippen molar-refractivity contribution in [1.29, 1.82) is 0 Å². The number of fused-ring (bicyclic) bond motifs is 1. The number of nitrogens with one attached hydrogen (secondary N) is 3. The zero-order valence-electron chi connectivity index (χ0n) is 19.6. The number of amides is 1. The van der Waals surface area contributed by atoms with E-state index in [9.17, 15) is 9.18 Å². The zero-order chi connectivity index (χ0) is 23.8. The van der Waals surface area contributed by atoms with Crippen molar-refractivity contribution in [3.63, 3.8) is 0 Å². The van der Waals surface area contributed by atoms with Gasteiger partial charge in [-0.25, -0.2) is 15.0 Å². The van der Waals surface area contributed by atoms with Crippen molar-refractivity contribution < 1.29 is 9.18 Å². The molecule has 3 aliphatic rings. The topological polar surface area (TPSA) is 112 Å². The zero-order valence-corrected chi connectivity index (χ0v) is 19.6. The largest absolute Gasteiger partial charge is 0.329 e. The second-order valence-electron chi connectivity index (χ2n) is 9.65. The fourth-order valence-electron chi connectivity index (χ4n) is 5.56. The Labute approximate surface area is 203 Å². The van der Waals surface area contributed by atoms with Crippen LogP contribution in [0.4, 0.5) is 27.8 Å². The van der Waals surface area contributed by atoms with E-state index in [4.69, 9.17) is 9.97 Å². The smallest absolute Gasteiger partial charge is 0.247 e. The lowest BCUT2D eigenvalue weighted by Crippen LogP contribution is -2.40. The average Bonchev–Trinajstić information content (AvgIpc) is 3.67. The second kappa shape index (κ2) is 9.24. The number of H-pyrrole nitrogens is 1. The molecule has 182 valence electrons. The molecule has 1 saturated carbocycles. The van der Waals surface area contributed by atoms with Crippen LogP contribution in [-0.4, -0.2) is 43.4 Å². The summed E-state index contributed by atoms with van der Waals surface area (Å²) in [5.41, 5.74) is 3.82. The first-order valence-electron chi connectivity index (χ1n) is 12.5. The number of pyridine rings is 1.